The lowest BCUT2D eigenvalue weighted by molar-refractivity contribution is -0.120. The molecule has 31 heavy (non-hydrogen) atoms. The number of rotatable bonds is 7. The first-order chi connectivity index (χ1) is 14.9. The van der Waals surface area contributed by atoms with E-state index in [1.54, 1.807) is 0 Å². The molecule has 2 aromatic carbocycles. The fourth-order valence-electron chi connectivity index (χ4n) is 3.82. The van der Waals surface area contributed by atoms with Crippen molar-refractivity contribution in [1.29, 1.82) is 0 Å². The number of ether oxygens (including phenoxy) is 2. The number of likely N-dealkylation sites (tertiary alicyclic amines) is 1. The largest absolute Gasteiger partial charge is 0.454 e. The van der Waals surface area contributed by atoms with E-state index in [0.717, 1.165) is 48.6 Å². The molecule has 2 heterocycles. The summed E-state index contributed by atoms with van der Waals surface area (Å²) in [6.45, 7) is 6.57. The molecule has 164 valence electrons. The van der Waals surface area contributed by atoms with E-state index in [1.807, 2.05) is 61.2 Å². The van der Waals surface area contributed by atoms with Crippen LogP contribution in [0.3, 0.4) is 0 Å². The first-order valence-electron chi connectivity index (χ1n) is 10.7. The van der Waals surface area contributed by atoms with Gasteiger partial charge in [-0.3, -0.25) is 14.9 Å². The SMILES string of the molecule is CC(C)(NCC(=O)NCc1ccc(C(=O)N2CCCC2)cc1)c1ccc2c(c1)OCO2. The van der Waals surface area contributed by atoms with E-state index in [1.165, 1.54) is 0 Å². The van der Waals surface area contributed by atoms with Gasteiger partial charge < -0.3 is 19.7 Å². The average molecular weight is 424 g/mol. The highest BCUT2D eigenvalue weighted by atomic mass is 16.7. The van der Waals surface area contributed by atoms with Crippen LogP contribution in [0.5, 0.6) is 11.5 Å². The summed E-state index contributed by atoms with van der Waals surface area (Å²) in [4.78, 5) is 26.7. The van der Waals surface area contributed by atoms with Crippen molar-refractivity contribution in [2.24, 2.45) is 0 Å². The minimum Gasteiger partial charge on any atom is -0.454 e. The minimum atomic E-state index is -0.407. The highest BCUT2D eigenvalue weighted by Crippen LogP contribution is 2.35. The predicted molar refractivity (Wildman–Crippen MR) is 117 cm³/mol. The van der Waals surface area contributed by atoms with Crippen LogP contribution >= 0.6 is 0 Å². The second-order valence-electron chi connectivity index (χ2n) is 8.52. The molecule has 7 heteroatoms. The van der Waals surface area contributed by atoms with Crippen LogP contribution in [0.2, 0.25) is 0 Å². The normalized spacial score (nSPS) is 15.2. The summed E-state index contributed by atoms with van der Waals surface area (Å²) in [5.41, 5.74) is 2.27. The van der Waals surface area contributed by atoms with E-state index in [9.17, 15) is 9.59 Å². The van der Waals surface area contributed by atoms with Gasteiger partial charge in [0.25, 0.3) is 5.91 Å². The number of nitrogens with zero attached hydrogens (tertiary/aromatic N) is 1. The van der Waals surface area contributed by atoms with Gasteiger partial charge >= 0.3 is 0 Å². The Morgan fingerprint density at radius 3 is 2.45 bits per heavy atom. The van der Waals surface area contributed by atoms with E-state index in [2.05, 4.69) is 10.6 Å². The van der Waals surface area contributed by atoms with Gasteiger partial charge in [-0.05, 0) is 62.1 Å². The molecule has 0 aliphatic carbocycles. The highest BCUT2D eigenvalue weighted by Gasteiger charge is 2.24. The molecule has 0 radical (unpaired) electrons. The van der Waals surface area contributed by atoms with Crippen molar-refractivity contribution in [2.45, 2.75) is 38.8 Å². The lowest BCUT2D eigenvalue weighted by Crippen LogP contribution is -2.43. The molecular formula is C24H29N3O4. The lowest BCUT2D eigenvalue weighted by atomic mass is 9.94. The summed E-state index contributed by atoms with van der Waals surface area (Å²) in [7, 11) is 0. The van der Waals surface area contributed by atoms with Gasteiger partial charge in [0.1, 0.15) is 0 Å². The van der Waals surface area contributed by atoms with Crippen molar-refractivity contribution < 1.29 is 19.1 Å². The second-order valence-corrected chi connectivity index (χ2v) is 8.52. The Labute approximate surface area is 182 Å². The smallest absolute Gasteiger partial charge is 0.253 e. The monoisotopic (exact) mass is 423 g/mol. The number of carbonyl (C=O) groups excluding carboxylic acids is 2. The van der Waals surface area contributed by atoms with Crippen LogP contribution in [0.25, 0.3) is 0 Å². The van der Waals surface area contributed by atoms with E-state index >= 15 is 0 Å². The van der Waals surface area contributed by atoms with Crippen LogP contribution < -0.4 is 20.1 Å². The summed E-state index contributed by atoms with van der Waals surface area (Å²) < 4.78 is 10.8. The van der Waals surface area contributed by atoms with Crippen LogP contribution in [-0.4, -0.2) is 43.1 Å². The molecule has 2 N–H and O–H groups in total. The number of carbonyl (C=O) groups is 2. The van der Waals surface area contributed by atoms with Gasteiger partial charge in [0, 0.05) is 30.7 Å². The van der Waals surface area contributed by atoms with Crippen molar-refractivity contribution in [2.75, 3.05) is 26.4 Å². The maximum atomic E-state index is 12.4. The molecule has 0 atom stereocenters. The fourth-order valence-corrected chi connectivity index (χ4v) is 3.82. The molecule has 0 saturated carbocycles. The molecule has 0 spiro atoms. The number of benzene rings is 2. The van der Waals surface area contributed by atoms with E-state index in [0.29, 0.717) is 12.1 Å². The predicted octanol–water partition coefficient (Wildman–Crippen LogP) is 2.79. The zero-order chi connectivity index (χ0) is 21.8. The van der Waals surface area contributed by atoms with Crippen molar-refractivity contribution in [3.63, 3.8) is 0 Å². The third kappa shape index (κ3) is 4.99. The van der Waals surface area contributed by atoms with Crippen molar-refractivity contribution in [3.05, 3.63) is 59.2 Å². The van der Waals surface area contributed by atoms with Gasteiger partial charge in [0.2, 0.25) is 12.7 Å². The molecule has 1 saturated heterocycles. The molecule has 2 aromatic rings. The molecule has 0 aromatic heterocycles. The lowest BCUT2D eigenvalue weighted by Gasteiger charge is -2.27. The van der Waals surface area contributed by atoms with Gasteiger partial charge in [-0.1, -0.05) is 18.2 Å². The van der Waals surface area contributed by atoms with Crippen LogP contribution in [0.4, 0.5) is 0 Å². The number of amides is 2. The topological polar surface area (TPSA) is 79.9 Å². The Kier molecular flexibility index (Phi) is 6.13. The molecule has 1 fully saturated rings. The van der Waals surface area contributed by atoms with Gasteiger partial charge in [0.15, 0.2) is 11.5 Å². The Bertz CT molecular complexity index is 950. The molecule has 7 nitrogen and oxygen atoms in total. The maximum Gasteiger partial charge on any atom is 0.253 e. The van der Waals surface area contributed by atoms with E-state index in [-0.39, 0.29) is 25.2 Å². The Morgan fingerprint density at radius 1 is 1.00 bits per heavy atom. The Morgan fingerprint density at radius 2 is 1.71 bits per heavy atom. The number of hydrogen-bond donors (Lipinski definition) is 2. The highest BCUT2D eigenvalue weighted by molar-refractivity contribution is 5.94. The Hall–Kier alpha value is -3.06. The molecule has 0 unspecified atom stereocenters. The van der Waals surface area contributed by atoms with Crippen molar-refractivity contribution in [1.82, 2.24) is 15.5 Å². The van der Waals surface area contributed by atoms with Gasteiger partial charge in [0.05, 0.1) is 6.54 Å². The Balaban J connectivity index is 1.25. The van der Waals surface area contributed by atoms with Gasteiger partial charge in [-0.15, -0.1) is 0 Å². The standard InChI is InChI=1S/C24H29N3O4/c1-24(2,19-9-10-20-21(13-19)31-16-30-20)26-15-22(28)25-14-17-5-7-18(8-6-17)23(29)27-11-3-4-12-27/h5-10,13,26H,3-4,11-12,14-16H2,1-2H3,(H,25,28). The summed E-state index contributed by atoms with van der Waals surface area (Å²) in [6, 6.07) is 13.3. The summed E-state index contributed by atoms with van der Waals surface area (Å²) in [5, 5.41) is 6.23. The zero-order valence-electron chi connectivity index (χ0n) is 18.1. The van der Waals surface area contributed by atoms with Crippen molar-refractivity contribution >= 4 is 11.8 Å². The molecule has 4 rings (SSSR count). The average Bonchev–Trinajstić information content (AvgIpc) is 3.48. The quantitative estimate of drug-likeness (QED) is 0.716. The first kappa shape index (κ1) is 21.2. The third-order valence-corrected chi connectivity index (χ3v) is 5.87. The molecule has 0 bridgehead atoms. The fraction of sp³-hybridized carbons (Fsp3) is 0.417. The van der Waals surface area contributed by atoms with E-state index < -0.39 is 5.54 Å². The summed E-state index contributed by atoms with van der Waals surface area (Å²) in [6.07, 6.45) is 2.16. The molecule has 2 amide bonds. The number of fused-ring (bicyclic) bond motifs is 1. The van der Waals surface area contributed by atoms with Crippen LogP contribution in [0.15, 0.2) is 42.5 Å². The number of hydrogen-bond acceptors (Lipinski definition) is 5. The van der Waals surface area contributed by atoms with E-state index in [4.69, 9.17) is 9.47 Å². The summed E-state index contributed by atoms with van der Waals surface area (Å²) in [5.74, 6) is 1.46. The van der Waals surface area contributed by atoms with Gasteiger partial charge in [-0.25, -0.2) is 0 Å². The first-order valence-corrected chi connectivity index (χ1v) is 10.7. The molecule has 2 aliphatic heterocycles. The van der Waals surface area contributed by atoms with Crippen molar-refractivity contribution in [3.8, 4) is 11.5 Å². The molecule has 2 aliphatic rings. The van der Waals surface area contributed by atoms with Crippen LogP contribution in [-0.2, 0) is 16.9 Å². The van der Waals surface area contributed by atoms with Gasteiger partial charge in [-0.2, -0.15) is 0 Å². The third-order valence-electron chi connectivity index (χ3n) is 5.87. The number of nitrogens with one attached hydrogen (secondary N) is 2. The maximum absolute atomic E-state index is 12.4. The van der Waals surface area contributed by atoms with Crippen LogP contribution in [0.1, 0.15) is 48.2 Å². The zero-order valence-corrected chi connectivity index (χ0v) is 18.1. The van der Waals surface area contributed by atoms with Crippen LogP contribution in [0, 0.1) is 0 Å². The molecular weight excluding hydrogens is 394 g/mol. The second kappa shape index (κ2) is 8.98. The minimum absolute atomic E-state index is 0.0861. The summed E-state index contributed by atoms with van der Waals surface area (Å²) >= 11 is 0.